The summed E-state index contributed by atoms with van der Waals surface area (Å²) in [7, 11) is -0.274. The molecule has 19 heavy (non-hydrogen) atoms. The first-order chi connectivity index (χ1) is 8.73. The lowest BCUT2D eigenvalue weighted by Gasteiger charge is -2.28. The highest BCUT2D eigenvalue weighted by Crippen LogP contribution is 2.50. The van der Waals surface area contributed by atoms with Crippen molar-refractivity contribution < 1.29 is 9.42 Å². The molecule has 0 aliphatic carbocycles. The second-order valence-corrected chi connectivity index (χ2v) is 15.6. The van der Waals surface area contributed by atoms with Crippen LogP contribution in [-0.2, 0) is 26.8 Å². The molecule has 0 spiro atoms. The second-order valence-electron chi connectivity index (χ2n) is 5.53. The van der Waals surface area contributed by atoms with Crippen LogP contribution in [0, 0.1) is 0 Å². The molecule has 0 aromatic heterocycles. The Labute approximate surface area is 131 Å². The lowest BCUT2D eigenvalue weighted by atomic mass is 10.3. The molecule has 0 aliphatic rings. The fourth-order valence-corrected chi connectivity index (χ4v) is 10.9. The van der Waals surface area contributed by atoms with E-state index in [9.17, 15) is 4.89 Å². The minimum atomic E-state index is -2.86. The quantitative estimate of drug-likeness (QED) is 0.336. The van der Waals surface area contributed by atoms with E-state index in [1.54, 1.807) is 0 Å². The van der Waals surface area contributed by atoms with Gasteiger partial charge in [0.2, 0.25) is 0 Å². The maximum atomic E-state index is 12.6. The average Bonchev–Trinajstić information content (AvgIpc) is 2.27. The van der Waals surface area contributed by atoms with Gasteiger partial charge in [-0.1, -0.05) is 47.5 Å². The van der Waals surface area contributed by atoms with Crippen molar-refractivity contribution in [2.75, 3.05) is 17.4 Å². The van der Waals surface area contributed by atoms with E-state index in [0.29, 0.717) is 6.61 Å². The number of thioether (sulfide) groups is 1. The van der Waals surface area contributed by atoms with Crippen molar-refractivity contribution in [3.63, 3.8) is 0 Å². The van der Waals surface area contributed by atoms with Crippen LogP contribution in [0.5, 0.6) is 0 Å². The van der Waals surface area contributed by atoms with Crippen molar-refractivity contribution in [3.8, 4) is 0 Å². The summed E-state index contributed by atoms with van der Waals surface area (Å²) in [6, 6.07) is 0. The highest BCUT2D eigenvalue weighted by molar-refractivity contribution is 8.66. The van der Waals surface area contributed by atoms with Crippen LogP contribution in [0.15, 0.2) is 0 Å². The van der Waals surface area contributed by atoms with E-state index in [-0.39, 0.29) is 15.3 Å². The number of hydrogen-bond acceptors (Lipinski definition) is 4. The lowest BCUT2D eigenvalue weighted by Crippen LogP contribution is -2.22. The van der Waals surface area contributed by atoms with Gasteiger partial charge in [0.25, 0.3) is 0 Å². The molecule has 0 amide bonds. The third-order valence-electron chi connectivity index (χ3n) is 2.43. The standard InChI is InChI=1S/C13H29O2PS3/c1-6-8-10-15-16(14,17)19(11-9-7-2)12-18-13(3,4)5/h6-12H2,1-5H3. The zero-order chi connectivity index (χ0) is 14.9. The SMILES string of the molecule is CCCCOP([O-])(=S)[S+](CCCC)CSC(C)(C)C. The molecular weight excluding hydrogens is 315 g/mol. The van der Waals surface area contributed by atoms with Crippen molar-refractivity contribution in [2.24, 2.45) is 0 Å². The molecule has 0 N–H and O–H groups in total. The second kappa shape index (κ2) is 10.1. The van der Waals surface area contributed by atoms with Gasteiger partial charge in [0.1, 0.15) is 5.75 Å². The molecule has 116 valence electrons. The van der Waals surface area contributed by atoms with Gasteiger partial charge in [-0.05, 0) is 24.6 Å². The van der Waals surface area contributed by atoms with Gasteiger partial charge in [0, 0.05) is 15.3 Å². The van der Waals surface area contributed by atoms with E-state index in [4.69, 9.17) is 16.3 Å². The molecule has 0 aliphatic heterocycles. The Morgan fingerprint density at radius 3 is 2.26 bits per heavy atom. The molecule has 0 saturated heterocycles. The van der Waals surface area contributed by atoms with Crippen LogP contribution in [-0.4, -0.2) is 22.2 Å². The van der Waals surface area contributed by atoms with E-state index in [1.165, 1.54) is 0 Å². The van der Waals surface area contributed by atoms with E-state index >= 15 is 0 Å². The predicted molar refractivity (Wildman–Crippen MR) is 94.5 cm³/mol. The molecule has 0 saturated carbocycles. The molecule has 2 atom stereocenters. The van der Waals surface area contributed by atoms with Gasteiger partial charge in [0.15, 0.2) is 10.8 Å². The van der Waals surface area contributed by atoms with Crippen LogP contribution < -0.4 is 4.89 Å². The average molecular weight is 345 g/mol. The summed E-state index contributed by atoms with van der Waals surface area (Å²) in [6.45, 7) is 11.4. The summed E-state index contributed by atoms with van der Waals surface area (Å²) in [6.07, 6.45) is 4.20. The van der Waals surface area contributed by atoms with Crippen molar-refractivity contribution in [3.05, 3.63) is 0 Å². The lowest BCUT2D eigenvalue weighted by molar-refractivity contribution is -0.175. The van der Waals surface area contributed by atoms with E-state index < -0.39 is 5.69 Å². The van der Waals surface area contributed by atoms with Crippen molar-refractivity contribution in [1.29, 1.82) is 0 Å². The van der Waals surface area contributed by atoms with Gasteiger partial charge >= 0.3 is 0 Å². The van der Waals surface area contributed by atoms with Crippen LogP contribution in [0.4, 0.5) is 0 Å². The third-order valence-corrected chi connectivity index (χ3v) is 12.7. The first-order valence-corrected chi connectivity index (χ1v) is 12.8. The van der Waals surface area contributed by atoms with Gasteiger partial charge in [-0.2, -0.15) is 0 Å². The first kappa shape index (κ1) is 20.3. The molecule has 0 heterocycles. The normalized spacial score (nSPS) is 17.2. The molecule has 6 heteroatoms. The molecule has 0 rings (SSSR count). The highest BCUT2D eigenvalue weighted by atomic mass is 32.9. The fraction of sp³-hybridized carbons (Fsp3) is 1.00. The van der Waals surface area contributed by atoms with Crippen LogP contribution in [0.1, 0.15) is 60.3 Å². The molecule has 0 aromatic rings. The molecule has 0 aromatic carbocycles. The smallest absolute Gasteiger partial charge is 0.200 e. The van der Waals surface area contributed by atoms with Gasteiger partial charge in [-0.25, -0.2) is 0 Å². The summed E-state index contributed by atoms with van der Waals surface area (Å²) in [5.74, 6) is 0.951. The van der Waals surface area contributed by atoms with Crippen LogP contribution in [0.25, 0.3) is 0 Å². The third kappa shape index (κ3) is 10.6. The van der Waals surface area contributed by atoms with E-state index in [0.717, 1.165) is 36.5 Å². The number of rotatable bonds is 10. The summed E-state index contributed by atoms with van der Waals surface area (Å²) in [5, 5.41) is 0.871. The van der Waals surface area contributed by atoms with Gasteiger partial charge < -0.3 is 9.42 Å². The Kier molecular flexibility index (Phi) is 10.7. The molecule has 0 radical (unpaired) electrons. The summed E-state index contributed by atoms with van der Waals surface area (Å²) in [5.41, 5.74) is -2.86. The fourth-order valence-electron chi connectivity index (χ4n) is 1.19. The number of unbranched alkanes of at least 4 members (excludes halogenated alkanes) is 2. The number of hydrogen-bond donors (Lipinski definition) is 0. The topological polar surface area (TPSA) is 32.3 Å². The van der Waals surface area contributed by atoms with E-state index in [2.05, 4.69) is 34.6 Å². The van der Waals surface area contributed by atoms with Gasteiger partial charge in [0.05, 0.1) is 6.61 Å². The van der Waals surface area contributed by atoms with Gasteiger partial charge in [-0.3, -0.25) is 0 Å². The Morgan fingerprint density at radius 2 is 1.79 bits per heavy atom. The maximum absolute atomic E-state index is 12.6. The van der Waals surface area contributed by atoms with Crippen LogP contribution in [0.2, 0.25) is 0 Å². The van der Waals surface area contributed by atoms with Crippen molar-refractivity contribution >= 4 is 39.8 Å². The largest absolute Gasteiger partial charge is 0.760 e. The predicted octanol–water partition coefficient (Wildman–Crippen LogP) is 4.30. The summed E-state index contributed by atoms with van der Waals surface area (Å²) in [4.78, 5) is 12.6. The maximum Gasteiger partial charge on any atom is 0.200 e. The minimum absolute atomic E-state index is 0.191. The van der Waals surface area contributed by atoms with Crippen molar-refractivity contribution in [2.45, 2.75) is 65.0 Å². The Morgan fingerprint density at radius 1 is 1.21 bits per heavy atom. The molecule has 0 fully saturated rings. The Bertz CT molecular complexity index is 280. The molecule has 0 bridgehead atoms. The highest BCUT2D eigenvalue weighted by Gasteiger charge is 2.31. The molecule has 2 unspecified atom stereocenters. The Hall–Kier alpha value is 1.27. The van der Waals surface area contributed by atoms with Crippen LogP contribution >= 0.6 is 17.5 Å². The zero-order valence-corrected chi connectivity index (χ0v) is 16.3. The summed E-state index contributed by atoms with van der Waals surface area (Å²) < 4.78 is 5.75. The van der Waals surface area contributed by atoms with E-state index in [1.807, 2.05) is 11.8 Å². The minimum Gasteiger partial charge on any atom is -0.760 e. The molecular formula is C13H29O2PS3. The van der Waals surface area contributed by atoms with Gasteiger partial charge in [-0.15, -0.1) is 11.8 Å². The first-order valence-electron chi connectivity index (χ1n) is 7.00. The van der Waals surface area contributed by atoms with Crippen molar-refractivity contribution in [1.82, 2.24) is 0 Å². The van der Waals surface area contributed by atoms with Crippen LogP contribution in [0.3, 0.4) is 0 Å². The monoisotopic (exact) mass is 344 g/mol. The summed E-state index contributed by atoms with van der Waals surface area (Å²) >= 11 is 7.16. The zero-order valence-electron chi connectivity index (χ0n) is 12.9. The molecule has 2 nitrogen and oxygen atoms in total. The Balaban J connectivity index is 4.48.